The average molecular weight is 300 g/mol. The van der Waals surface area contributed by atoms with Crippen LogP contribution in [0.4, 0.5) is 0 Å². The van der Waals surface area contributed by atoms with Crippen molar-refractivity contribution < 1.29 is 9.59 Å². The Morgan fingerprint density at radius 1 is 1.18 bits per heavy atom. The smallest absolute Gasteiger partial charge is 0.226 e. The van der Waals surface area contributed by atoms with Gasteiger partial charge in [0.2, 0.25) is 11.8 Å². The Morgan fingerprint density at radius 2 is 1.95 bits per heavy atom. The van der Waals surface area contributed by atoms with Gasteiger partial charge in [0, 0.05) is 38.5 Å². The highest BCUT2D eigenvalue weighted by atomic mass is 16.2. The highest BCUT2D eigenvalue weighted by Crippen LogP contribution is 2.27. The van der Waals surface area contributed by atoms with E-state index < -0.39 is 0 Å². The van der Waals surface area contributed by atoms with E-state index in [-0.39, 0.29) is 17.7 Å². The van der Waals surface area contributed by atoms with Crippen LogP contribution in [0.3, 0.4) is 0 Å². The predicted molar refractivity (Wildman–Crippen MR) is 85.2 cm³/mol. The van der Waals surface area contributed by atoms with Crippen LogP contribution in [0.2, 0.25) is 0 Å². The fraction of sp³-hybridized carbons (Fsp3) is 0.556. The van der Waals surface area contributed by atoms with Gasteiger partial charge in [0.15, 0.2) is 0 Å². The summed E-state index contributed by atoms with van der Waals surface area (Å²) in [5.41, 5.74) is 1.28. The van der Waals surface area contributed by atoms with E-state index in [1.807, 2.05) is 30.1 Å². The van der Waals surface area contributed by atoms with Crippen molar-refractivity contribution in [1.82, 2.24) is 9.80 Å². The maximum atomic E-state index is 12.8. The Labute approximate surface area is 132 Å². The van der Waals surface area contributed by atoms with Gasteiger partial charge >= 0.3 is 0 Å². The number of rotatable bonds is 3. The Hall–Kier alpha value is -1.84. The van der Waals surface area contributed by atoms with Crippen molar-refractivity contribution in [3.8, 4) is 0 Å². The van der Waals surface area contributed by atoms with Gasteiger partial charge in [-0.2, -0.15) is 0 Å². The second kappa shape index (κ2) is 6.51. The summed E-state index contributed by atoms with van der Waals surface area (Å²) in [6, 6.07) is 10.7. The van der Waals surface area contributed by atoms with E-state index in [1.165, 1.54) is 5.56 Å². The van der Waals surface area contributed by atoms with E-state index in [1.54, 1.807) is 4.90 Å². The van der Waals surface area contributed by atoms with Crippen LogP contribution in [-0.2, 0) is 16.0 Å². The van der Waals surface area contributed by atoms with Gasteiger partial charge in [-0.3, -0.25) is 9.59 Å². The zero-order valence-electron chi connectivity index (χ0n) is 13.2. The molecule has 2 atom stereocenters. The third-order valence-corrected chi connectivity index (χ3v) is 4.98. The molecule has 0 bridgehead atoms. The van der Waals surface area contributed by atoms with Crippen LogP contribution in [-0.4, -0.2) is 47.8 Å². The molecule has 0 unspecified atom stereocenters. The van der Waals surface area contributed by atoms with Crippen LogP contribution in [0, 0.1) is 5.92 Å². The second-order valence-corrected chi connectivity index (χ2v) is 6.52. The summed E-state index contributed by atoms with van der Waals surface area (Å²) < 4.78 is 0. The summed E-state index contributed by atoms with van der Waals surface area (Å²) in [4.78, 5) is 28.4. The largest absolute Gasteiger partial charge is 0.346 e. The predicted octanol–water partition coefficient (Wildman–Crippen LogP) is 2.09. The van der Waals surface area contributed by atoms with Crippen molar-refractivity contribution in [3.63, 3.8) is 0 Å². The summed E-state index contributed by atoms with van der Waals surface area (Å²) >= 11 is 0. The molecule has 4 nitrogen and oxygen atoms in total. The van der Waals surface area contributed by atoms with Gasteiger partial charge in [-0.25, -0.2) is 0 Å². The van der Waals surface area contributed by atoms with Crippen molar-refractivity contribution in [2.24, 2.45) is 5.92 Å². The molecule has 2 amide bonds. The molecule has 4 heteroatoms. The lowest BCUT2D eigenvalue weighted by molar-refractivity contribution is -0.144. The number of piperidine rings is 1. The SMILES string of the molecule is CN1CC[C@@H](C(=O)N2CCC[C@H]2Cc2ccccc2)CC1=O. The molecule has 0 saturated carbocycles. The van der Waals surface area contributed by atoms with Gasteiger partial charge in [0.1, 0.15) is 0 Å². The highest BCUT2D eigenvalue weighted by molar-refractivity contribution is 5.87. The van der Waals surface area contributed by atoms with Gasteiger partial charge in [-0.15, -0.1) is 0 Å². The summed E-state index contributed by atoms with van der Waals surface area (Å²) in [5, 5.41) is 0. The maximum absolute atomic E-state index is 12.8. The number of nitrogens with zero attached hydrogens (tertiary/aromatic N) is 2. The van der Waals surface area contributed by atoms with Crippen LogP contribution in [0.1, 0.15) is 31.2 Å². The lowest BCUT2D eigenvalue weighted by Crippen LogP contribution is -2.45. The van der Waals surface area contributed by atoms with E-state index in [4.69, 9.17) is 0 Å². The van der Waals surface area contributed by atoms with Crippen molar-refractivity contribution >= 4 is 11.8 Å². The van der Waals surface area contributed by atoms with Crippen molar-refractivity contribution in [2.45, 2.75) is 38.1 Å². The summed E-state index contributed by atoms with van der Waals surface area (Å²) in [6.07, 6.45) is 4.25. The third kappa shape index (κ3) is 3.16. The third-order valence-electron chi connectivity index (χ3n) is 4.98. The zero-order chi connectivity index (χ0) is 15.5. The lowest BCUT2D eigenvalue weighted by atomic mass is 9.94. The normalized spacial score (nSPS) is 25.6. The van der Waals surface area contributed by atoms with Gasteiger partial charge in [-0.1, -0.05) is 30.3 Å². The molecule has 2 aliphatic heterocycles. The van der Waals surface area contributed by atoms with E-state index in [2.05, 4.69) is 12.1 Å². The molecule has 0 aliphatic carbocycles. The monoisotopic (exact) mass is 300 g/mol. The minimum atomic E-state index is -0.111. The Kier molecular flexibility index (Phi) is 4.46. The first-order chi connectivity index (χ1) is 10.6. The molecule has 3 rings (SSSR count). The maximum Gasteiger partial charge on any atom is 0.226 e. The van der Waals surface area contributed by atoms with Crippen LogP contribution < -0.4 is 0 Å². The topological polar surface area (TPSA) is 40.6 Å². The fourth-order valence-corrected chi connectivity index (χ4v) is 3.61. The molecule has 0 radical (unpaired) electrons. The molecule has 1 aromatic carbocycles. The number of amides is 2. The van der Waals surface area contributed by atoms with E-state index in [0.717, 1.165) is 32.2 Å². The minimum absolute atomic E-state index is 0.100. The van der Waals surface area contributed by atoms with Crippen LogP contribution in [0.5, 0.6) is 0 Å². The molecule has 0 N–H and O–H groups in total. The second-order valence-electron chi connectivity index (χ2n) is 6.52. The van der Waals surface area contributed by atoms with Gasteiger partial charge in [0.05, 0.1) is 0 Å². The molecule has 1 aromatic rings. The molecule has 22 heavy (non-hydrogen) atoms. The van der Waals surface area contributed by atoms with E-state index >= 15 is 0 Å². The van der Waals surface area contributed by atoms with Crippen molar-refractivity contribution in [2.75, 3.05) is 20.1 Å². The highest BCUT2D eigenvalue weighted by Gasteiger charge is 2.36. The van der Waals surface area contributed by atoms with Gasteiger partial charge in [-0.05, 0) is 31.2 Å². The van der Waals surface area contributed by atoms with Crippen molar-refractivity contribution in [1.29, 1.82) is 0 Å². The van der Waals surface area contributed by atoms with Gasteiger partial charge in [0.25, 0.3) is 0 Å². The van der Waals surface area contributed by atoms with Crippen LogP contribution in [0.15, 0.2) is 30.3 Å². The van der Waals surface area contributed by atoms with E-state index in [0.29, 0.717) is 19.0 Å². The van der Waals surface area contributed by atoms with Crippen molar-refractivity contribution in [3.05, 3.63) is 35.9 Å². The first-order valence-corrected chi connectivity index (χ1v) is 8.23. The number of benzene rings is 1. The van der Waals surface area contributed by atoms with E-state index in [9.17, 15) is 9.59 Å². The number of hydrogen-bond acceptors (Lipinski definition) is 2. The lowest BCUT2D eigenvalue weighted by Gasteiger charge is -2.33. The quantitative estimate of drug-likeness (QED) is 0.857. The Bertz CT molecular complexity index is 543. The fourth-order valence-electron chi connectivity index (χ4n) is 3.61. The first-order valence-electron chi connectivity index (χ1n) is 8.23. The van der Waals surface area contributed by atoms with Crippen LogP contribution in [0.25, 0.3) is 0 Å². The molecule has 0 spiro atoms. The molecular formula is C18H24N2O2. The number of carbonyl (C=O) groups excluding carboxylic acids is 2. The minimum Gasteiger partial charge on any atom is -0.346 e. The number of carbonyl (C=O) groups is 2. The standard InChI is InChI=1S/C18H24N2O2/c1-19-11-9-15(13-17(19)21)18(22)20-10-5-8-16(20)12-14-6-3-2-4-7-14/h2-4,6-7,15-16H,5,8-13H2,1H3/t15-,16+/m1/s1. The Morgan fingerprint density at radius 3 is 2.68 bits per heavy atom. The molecule has 2 saturated heterocycles. The zero-order valence-corrected chi connectivity index (χ0v) is 13.2. The summed E-state index contributed by atoms with van der Waals surface area (Å²) in [6.45, 7) is 1.54. The summed E-state index contributed by atoms with van der Waals surface area (Å²) in [7, 11) is 1.82. The molecule has 2 aliphatic rings. The first kappa shape index (κ1) is 15.1. The molecular weight excluding hydrogens is 276 g/mol. The van der Waals surface area contributed by atoms with Gasteiger partial charge < -0.3 is 9.80 Å². The molecule has 2 heterocycles. The van der Waals surface area contributed by atoms with Crippen LogP contribution >= 0.6 is 0 Å². The number of likely N-dealkylation sites (tertiary alicyclic amines) is 2. The molecule has 0 aromatic heterocycles. The molecule has 118 valence electrons. The molecule has 2 fully saturated rings. The number of hydrogen-bond donors (Lipinski definition) is 0. The Balaban J connectivity index is 1.65. The average Bonchev–Trinajstić information content (AvgIpc) is 2.98. The summed E-state index contributed by atoms with van der Waals surface area (Å²) in [5.74, 6) is 0.184.